The maximum atomic E-state index is 10.5. The van der Waals surface area contributed by atoms with Crippen molar-refractivity contribution in [2.24, 2.45) is 0 Å². The van der Waals surface area contributed by atoms with Crippen LogP contribution in [0.25, 0.3) is 0 Å². The molecule has 5 nitrogen and oxygen atoms in total. The van der Waals surface area contributed by atoms with Crippen molar-refractivity contribution in [1.29, 1.82) is 0 Å². The molecule has 1 rings (SSSR count). The predicted octanol–water partition coefficient (Wildman–Crippen LogP) is 1.79. The molecule has 0 heterocycles. The first-order valence-corrected chi connectivity index (χ1v) is 4.41. The summed E-state index contributed by atoms with van der Waals surface area (Å²) in [7, 11) is 1.46. The molecule has 0 aliphatic carbocycles. The minimum absolute atomic E-state index is 0.128. The lowest BCUT2D eigenvalue weighted by atomic mass is 10.2. The summed E-state index contributed by atoms with van der Waals surface area (Å²) in [6.45, 7) is 0. The van der Waals surface area contributed by atoms with Gasteiger partial charge in [-0.05, 0) is 28.7 Å². The second-order valence-corrected chi connectivity index (χ2v) is 3.46. The summed E-state index contributed by atoms with van der Waals surface area (Å²) in [5.41, 5.74) is 5.46. The van der Waals surface area contributed by atoms with Gasteiger partial charge in [-0.15, -0.1) is 0 Å². The van der Waals surface area contributed by atoms with Crippen LogP contribution in [0.2, 0.25) is 0 Å². The number of anilines is 1. The summed E-state index contributed by atoms with van der Waals surface area (Å²) in [5, 5.41) is 10.5. The normalized spacial score (nSPS) is 9.69. The molecule has 1 aromatic rings. The number of benzene rings is 1. The van der Waals surface area contributed by atoms with Gasteiger partial charge < -0.3 is 10.5 Å². The Labute approximate surface area is 88.2 Å². The lowest BCUT2D eigenvalue weighted by molar-refractivity contribution is -0.384. The maximum absolute atomic E-state index is 10.5. The molecule has 0 bridgehead atoms. The van der Waals surface area contributed by atoms with Crippen molar-refractivity contribution in [1.82, 2.24) is 0 Å². The van der Waals surface area contributed by atoms with Crippen molar-refractivity contribution < 1.29 is 9.66 Å². The van der Waals surface area contributed by atoms with Crippen LogP contribution in [0.15, 0.2) is 12.1 Å². The van der Waals surface area contributed by atoms with Crippen LogP contribution in [0.5, 0.6) is 5.75 Å². The third kappa shape index (κ3) is 2.00. The van der Waals surface area contributed by atoms with Crippen LogP contribution in [0.3, 0.4) is 0 Å². The summed E-state index contributed by atoms with van der Waals surface area (Å²) < 4.78 is 5.68. The Balaban J connectivity index is 3.30. The molecule has 0 spiro atoms. The van der Waals surface area contributed by atoms with E-state index in [-0.39, 0.29) is 11.4 Å². The van der Waals surface area contributed by atoms with Crippen molar-refractivity contribution in [3.05, 3.63) is 25.8 Å². The Kier molecular flexibility index (Phi) is 2.91. The number of nitrogens with two attached hydrogens (primary N) is 1. The second-order valence-electron chi connectivity index (χ2n) is 2.30. The first kappa shape index (κ1) is 10.0. The Morgan fingerprint density at radius 3 is 2.69 bits per heavy atom. The number of methoxy groups -OCH3 is 1. The summed E-state index contributed by atoms with van der Waals surface area (Å²) in [5.74, 6) is 0.460. The van der Waals surface area contributed by atoms with Crippen molar-refractivity contribution in [2.45, 2.75) is 0 Å². The number of rotatable bonds is 2. The minimum atomic E-state index is -0.534. The standard InChI is InChI=1S/C7H7IN2O3/c1-13-7-3-6(10(11)12)5(9)2-4(7)8/h2-3H,9H2,1H3. The van der Waals surface area contributed by atoms with Gasteiger partial charge in [-0.3, -0.25) is 10.1 Å². The van der Waals surface area contributed by atoms with Crippen molar-refractivity contribution in [2.75, 3.05) is 12.8 Å². The SMILES string of the molecule is COc1cc([N+](=O)[O-])c(N)cc1I. The topological polar surface area (TPSA) is 78.4 Å². The lowest BCUT2D eigenvalue weighted by Gasteiger charge is -2.04. The molecule has 6 heteroatoms. The molecule has 0 aromatic heterocycles. The van der Waals surface area contributed by atoms with Crippen LogP contribution in [-0.2, 0) is 0 Å². The van der Waals surface area contributed by atoms with Crippen molar-refractivity contribution in [3.8, 4) is 5.75 Å². The highest BCUT2D eigenvalue weighted by molar-refractivity contribution is 14.1. The predicted molar refractivity (Wildman–Crippen MR) is 56.8 cm³/mol. The van der Waals surface area contributed by atoms with Crippen LogP contribution in [-0.4, -0.2) is 12.0 Å². The van der Waals surface area contributed by atoms with Crippen LogP contribution < -0.4 is 10.5 Å². The zero-order valence-corrected chi connectivity index (χ0v) is 8.94. The van der Waals surface area contributed by atoms with E-state index >= 15 is 0 Å². The largest absolute Gasteiger partial charge is 0.495 e. The average molecular weight is 294 g/mol. The van der Waals surface area contributed by atoms with Gasteiger partial charge in [-0.2, -0.15) is 0 Å². The number of hydrogen-bond donors (Lipinski definition) is 1. The van der Waals surface area contributed by atoms with E-state index in [1.807, 2.05) is 22.6 Å². The van der Waals surface area contributed by atoms with Gasteiger partial charge >= 0.3 is 0 Å². The third-order valence-electron chi connectivity index (χ3n) is 1.50. The van der Waals surface area contributed by atoms with E-state index < -0.39 is 4.92 Å². The Morgan fingerprint density at radius 1 is 1.62 bits per heavy atom. The zero-order chi connectivity index (χ0) is 10.0. The second kappa shape index (κ2) is 3.77. The van der Waals surface area contributed by atoms with Gasteiger partial charge in [-0.25, -0.2) is 0 Å². The fraction of sp³-hybridized carbons (Fsp3) is 0.143. The molecule has 2 N–H and O–H groups in total. The molecule has 70 valence electrons. The lowest BCUT2D eigenvalue weighted by Crippen LogP contribution is -1.98. The van der Waals surface area contributed by atoms with Gasteiger partial charge in [0, 0.05) is 0 Å². The van der Waals surface area contributed by atoms with E-state index in [9.17, 15) is 10.1 Å². The Bertz CT molecular complexity index is 354. The summed E-state index contributed by atoms with van der Waals surface area (Å²) in [6.07, 6.45) is 0. The zero-order valence-electron chi connectivity index (χ0n) is 6.78. The summed E-state index contributed by atoms with van der Waals surface area (Å²) in [6, 6.07) is 2.83. The summed E-state index contributed by atoms with van der Waals surface area (Å²) >= 11 is 2.00. The highest BCUT2D eigenvalue weighted by Gasteiger charge is 2.14. The van der Waals surface area contributed by atoms with E-state index in [2.05, 4.69) is 0 Å². The number of hydrogen-bond acceptors (Lipinski definition) is 4. The third-order valence-corrected chi connectivity index (χ3v) is 2.34. The Morgan fingerprint density at radius 2 is 2.23 bits per heavy atom. The highest BCUT2D eigenvalue weighted by Crippen LogP contribution is 2.31. The van der Waals surface area contributed by atoms with E-state index in [1.165, 1.54) is 19.2 Å². The van der Waals surface area contributed by atoms with Gasteiger partial charge in [0.05, 0.1) is 21.7 Å². The van der Waals surface area contributed by atoms with Gasteiger partial charge in [0.15, 0.2) is 0 Å². The molecular weight excluding hydrogens is 287 g/mol. The van der Waals surface area contributed by atoms with Crippen LogP contribution >= 0.6 is 22.6 Å². The fourth-order valence-corrected chi connectivity index (χ4v) is 1.58. The number of nitrogen functional groups attached to an aromatic ring is 1. The van der Waals surface area contributed by atoms with E-state index in [1.54, 1.807) is 0 Å². The molecule has 13 heavy (non-hydrogen) atoms. The monoisotopic (exact) mass is 294 g/mol. The number of nitro groups is 1. The first-order valence-electron chi connectivity index (χ1n) is 3.33. The van der Waals surface area contributed by atoms with Crippen molar-refractivity contribution in [3.63, 3.8) is 0 Å². The smallest absolute Gasteiger partial charge is 0.295 e. The molecule has 0 aliphatic heterocycles. The maximum Gasteiger partial charge on any atom is 0.295 e. The van der Waals surface area contributed by atoms with E-state index in [0.29, 0.717) is 5.75 Å². The molecule has 0 saturated heterocycles. The van der Waals surface area contributed by atoms with Crippen LogP contribution in [0, 0.1) is 13.7 Å². The van der Waals surface area contributed by atoms with Crippen LogP contribution in [0.1, 0.15) is 0 Å². The van der Waals surface area contributed by atoms with Crippen LogP contribution in [0.4, 0.5) is 11.4 Å². The molecule has 0 fully saturated rings. The number of nitrogens with zero attached hydrogens (tertiary/aromatic N) is 1. The van der Waals surface area contributed by atoms with Gasteiger partial charge in [0.1, 0.15) is 11.4 Å². The highest BCUT2D eigenvalue weighted by atomic mass is 127. The minimum Gasteiger partial charge on any atom is -0.495 e. The molecule has 0 saturated carbocycles. The number of halogens is 1. The fourth-order valence-electron chi connectivity index (χ4n) is 0.873. The molecular formula is C7H7IN2O3. The van der Waals surface area contributed by atoms with E-state index in [0.717, 1.165) is 3.57 Å². The molecule has 0 atom stereocenters. The van der Waals surface area contributed by atoms with E-state index in [4.69, 9.17) is 10.5 Å². The number of ether oxygens (including phenoxy) is 1. The Hall–Kier alpha value is -1.05. The molecule has 0 amide bonds. The summed E-state index contributed by atoms with van der Waals surface area (Å²) in [4.78, 5) is 9.93. The van der Waals surface area contributed by atoms with Gasteiger partial charge in [0.2, 0.25) is 0 Å². The van der Waals surface area contributed by atoms with Gasteiger partial charge in [-0.1, -0.05) is 0 Å². The molecule has 0 unspecified atom stereocenters. The quantitative estimate of drug-likeness (QED) is 0.390. The molecule has 0 radical (unpaired) electrons. The number of nitro benzene ring substituents is 1. The molecule has 0 aliphatic rings. The van der Waals surface area contributed by atoms with Crippen molar-refractivity contribution >= 4 is 34.0 Å². The molecule has 1 aromatic carbocycles. The first-order chi connectivity index (χ1) is 6.06. The van der Waals surface area contributed by atoms with Gasteiger partial charge in [0.25, 0.3) is 5.69 Å². The average Bonchev–Trinajstić information content (AvgIpc) is 2.03.